The summed E-state index contributed by atoms with van der Waals surface area (Å²) in [6, 6.07) is 25.2. The molecule has 1 fully saturated rings. The second-order valence-corrected chi connectivity index (χ2v) is 10.7. The lowest BCUT2D eigenvalue weighted by atomic mass is 9.84. The largest absolute Gasteiger partial charge is 0.477 e. The number of nitrogens with zero attached hydrogens (tertiary/aromatic N) is 1. The second kappa shape index (κ2) is 8.79. The predicted molar refractivity (Wildman–Crippen MR) is 140 cm³/mol. The summed E-state index contributed by atoms with van der Waals surface area (Å²) in [6.45, 7) is 6.64. The van der Waals surface area contributed by atoms with Gasteiger partial charge in [0.2, 0.25) is 0 Å². The average molecular weight is 452 g/mol. The molecule has 3 aromatic carbocycles. The molecule has 0 amide bonds. The highest BCUT2D eigenvalue weighted by molar-refractivity contribution is 5.97. The van der Waals surface area contributed by atoms with Crippen LogP contribution < -0.4 is 0 Å². The topological polar surface area (TPSA) is 42.2 Å². The quantitative estimate of drug-likeness (QED) is 0.339. The zero-order valence-electron chi connectivity index (χ0n) is 20.3. The maximum atomic E-state index is 12.1. The van der Waals surface area contributed by atoms with E-state index in [1.807, 2.05) is 10.6 Å². The van der Waals surface area contributed by atoms with Crippen LogP contribution in [0, 0.1) is 0 Å². The van der Waals surface area contributed by atoms with Crippen molar-refractivity contribution in [1.82, 2.24) is 4.57 Å². The van der Waals surface area contributed by atoms with Gasteiger partial charge >= 0.3 is 5.97 Å². The first-order valence-electron chi connectivity index (χ1n) is 12.4. The van der Waals surface area contributed by atoms with Crippen molar-refractivity contribution in [3.63, 3.8) is 0 Å². The fraction of sp³-hybridized carbons (Fsp3) is 0.323. The number of aromatic carboxylic acids is 1. The van der Waals surface area contributed by atoms with Crippen LogP contribution >= 0.6 is 0 Å². The van der Waals surface area contributed by atoms with Gasteiger partial charge in [-0.1, -0.05) is 82.5 Å². The number of carboxylic acids is 1. The molecule has 3 nitrogen and oxygen atoms in total. The van der Waals surface area contributed by atoms with Gasteiger partial charge in [0.15, 0.2) is 0 Å². The minimum atomic E-state index is -0.913. The first-order valence-corrected chi connectivity index (χ1v) is 12.4. The molecule has 174 valence electrons. The van der Waals surface area contributed by atoms with Crippen molar-refractivity contribution in [3.8, 4) is 16.8 Å². The van der Waals surface area contributed by atoms with Gasteiger partial charge in [-0.15, -0.1) is 0 Å². The summed E-state index contributed by atoms with van der Waals surface area (Å²) in [5.41, 5.74) is 7.12. The molecule has 4 aromatic rings. The molecule has 1 aliphatic carbocycles. The van der Waals surface area contributed by atoms with Crippen LogP contribution in [0.5, 0.6) is 0 Å². The molecule has 0 unspecified atom stereocenters. The second-order valence-electron chi connectivity index (χ2n) is 10.7. The highest BCUT2D eigenvalue weighted by Gasteiger charge is 2.19. The molecule has 1 heterocycles. The zero-order chi connectivity index (χ0) is 23.9. The molecular weight excluding hydrogens is 418 g/mol. The summed E-state index contributed by atoms with van der Waals surface area (Å²) in [7, 11) is 0. The first-order chi connectivity index (χ1) is 16.3. The van der Waals surface area contributed by atoms with Crippen molar-refractivity contribution in [3.05, 3.63) is 89.6 Å². The van der Waals surface area contributed by atoms with Gasteiger partial charge in [-0.25, -0.2) is 4.79 Å². The van der Waals surface area contributed by atoms with Crippen molar-refractivity contribution in [2.45, 2.75) is 64.2 Å². The Hall–Kier alpha value is -3.33. The molecule has 0 saturated heterocycles. The first kappa shape index (κ1) is 22.5. The monoisotopic (exact) mass is 451 g/mol. The van der Waals surface area contributed by atoms with Gasteiger partial charge in [-0.3, -0.25) is 0 Å². The van der Waals surface area contributed by atoms with Gasteiger partial charge in [0.05, 0.1) is 5.52 Å². The maximum absolute atomic E-state index is 12.1. The Morgan fingerprint density at radius 2 is 1.47 bits per heavy atom. The molecule has 3 heteroatoms. The van der Waals surface area contributed by atoms with Crippen LogP contribution in [0.3, 0.4) is 0 Å². The van der Waals surface area contributed by atoms with Crippen LogP contribution in [-0.4, -0.2) is 15.6 Å². The molecule has 0 radical (unpaired) electrons. The summed E-state index contributed by atoms with van der Waals surface area (Å²) in [4.78, 5) is 12.1. The number of carbonyl (C=O) groups is 1. The number of benzene rings is 3. The normalized spacial score (nSPS) is 15.0. The van der Waals surface area contributed by atoms with Crippen LogP contribution in [-0.2, 0) is 5.41 Å². The maximum Gasteiger partial charge on any atom is 0.352 e. The highest BCUT2D eigenvalue weighted by Crippen LogP contribution is 2.34. The fourth-order valence-electron chi connectivity index (χ4n) is 5.32. The molecule has 1 N–H and O–H groups in total. The Morgan fingerprint density at radius 1 is 0.824 bits per heavy atom. The molecule has 0 spiro atoms. The molecular formula is C31H33NO2. The number of hydrogen-bond acceptors (Lipinski definition) is 1. The number of hydrogen-bond donors (Lipinski definition) is 1. The molecule has 1 aromatic heterocycles. The third-order valence-corrected chi connectivity index (χ3v) is 7.33. The van der Waals surface area contributed by atoms with Gasteiger partial charge in [-0.2, -0.15) is 0 Å². The van der Waals surface area contributed by atoms with Crippen LogP contribution in [0.25, 0.3) is 27.7 Å². The van der Waals surface area contributed by atoms with E-state index in [0.29, 0.717) is 11.6 Å². The lowest BCUT2D eigenvalue weighted by Gasteiger charge is -2.22. The van der Waals surface area contributed by atoms with Gasteiger partial charge in [0, 0.05) is 11.1 Å². The lowest BCUT2D eigenvalue weighted by Crippen LogP contribution is -2.10. The molecule has 0 aliphatic heterocycles. The predicted octanol–water partition coefficient (Wildman–Crippen LogP) is 8.34. The zero-order valence-corrected chi connectivity index (χ0v) is 20.3. The third kappa shape index (κ3) is 4.27. The van der Waals surface area contributed by atoms with Crippen LogP contribution in [0.15, 0.2) is 72.8 Å². The summed E-state index contributed by atoms with van der Waals surface area (Å²) < 4.78 is 1.87. The van der Waals surface area contributed by atoms with Crippen molar-refractivity contribution in [2.75, 3.05) is 0 Å². The SMILES string of the molecule is CC(C)(C)c1ccc(-c2ccc3c(c2)cc(C(=O)O)n3-c2ccc(C3CCCCC3)cc2)cc1. The number of rotatable bonds is 4. The minimum absolute atomic E-state index is 0.114. The van der Waals surface area contributed by atoms with Crippen LogP contribution in [0.4, 0.5) is 0 Å². The molecule has 34 heavy (non-hydrogen) atoms. The van der Waals surface area contributed by atoms with Gasteiger partial charge < -0.3 is 9.67 Å². The van der Waals surface area contributed by atoms with E-state index in [0.717, 1.165) is 27.7 Å². The van der Waals surface area contributed by atoms with Gasteiger partial charge in [0.1, 0.15) is 5.69 Å². The molecule has 0 bridgehead atoms. The van der Waals surface area contributed by atoms with Crippen molar-refractivity contribution in [1.29, 1.82) is 0 Å². The average Bonchev–Trinajstić information content (AvgIpc) is 3.23. The van der Waals surface area contributed by atoms with E-state index in [1.165, 1.54) is 43.2 Å². The third-order valence-electron chi connectivity index (χ3n) is 7.33. The smallest absolute Gasteiger partial charge is 0.352 e. The van der Waals surface area contributed by atoms with Gasteiger partial charge in [-0.05, 0) is 76.8 Å². The van der Waals surface area contributed by atoms with Crippen molar-refractivity contribution in [2.24, 2.45) is 0 Å². The summed E-state index contributed by atoms with van der Waals surface area (Å²) in [5, 5.41) is 10.9. The Labute approximate surface area is 202 Å². The summed E-state index contributed by atoms with van der Waals surface area (Å²) in [5.74, 6) is -0.279. The number of aromatic nitrogens is 1. The van der Waals surface area contributed by atoms with E-state index >= 15 is 0 Å². The molecule has 1 aliphatic rings. The van der Waals surface area contributed by atoms with E-state index in [2.05, 4.69) is 81.4 Å². The van der Waals surface area contributed by atoms with Crippen LogP contribution in [0.1, 0.15) is 80.4 Å². The molecule has 1 saturated carbocycles. The number of carboxylic acid groups (broad SMARTS) is 1. The molecule has 5 rings (SSSR count). The number of fused-ring (bicyclic) bond motifs is 1. The van der Waals surface area contributed by atoms with E-state index in [4.69, 9.17) is 0 Å². The van der Waals surface area contributed by atoms with Crippen molar-refractivity contribution < 1.29 is 9.90 Å². The van der Waals surface area contributed by atoms with Crippen LogP contribution in [0.2, 0.25) is 0 Å². The summed E-state index contributed by atoms with van der Waals surface area (Å²) in [6.07, 6.45) is 6.46. The molecule has 0 atom stereocenters. The Kier molecular flexibility index (Phi) is 5.81. The Morgan fingerprint density at radius 3 is 2.09 bits per heavy atom. The van der Waals surface area contributed by atoms with Gasteiger partial charge in [0.25, 0.3) is 0 Å². The Balaban J connectivity index is 1.52. The van der Waals surface area contributed by atoms with Crippen molar-refractivity contribution >= 4 is 16.9 Å². The fourth-order valence-corrected chi connectivity index (χ4v) is 5.32. The van der Waals surface area contributed by atoms with E-state index < -0.39 is 5.97 Å². The van der Waals surface area contributed by atoms with E-state index in [1.54, 1.807) is 6.07 Å². The minimum Gasteiger partial charge on any atom is -0.477 e. The standard InChI is InChI=1S/C31H33NO2/c1-31(2,3)26-14-9-23(10-15-26)24-13-18-28-25(19-24)20-29(30(33)34)32(28)27-16-11-22(12-17-27)21-7-5-4-6-8-21/h9-21H,4-8H2,1-3H3,(H,33,34). The lowest BCUT2D eigenvalue weighted by molar-refractivity contribution is 0.0688. The Bertz CT molecular complexity index is 1320. The van der Waals surface area contributed by atoms with E-state index in [9.17, 15) is 9.90 Å². The summed E-state index contributed by atoms with van der Waals surface area (Å²) >= 11 is 0. The van der Waals surface area contributed by atoms with E-state index in [-0.39, 0.29) is 5.41 Å². The highest BCUT2D eigenvalue weighted by atomic mass is 16.4.